The van der Waals surface area contributed by atoms with E-state index in [-0.39, 0.29) is 0 Å². The Kier molecular flexibility index (Phi) is 4.03. The number of hydrogen-bond donors (Lipinski definition) is 0. The molecule has 0 amide bonds. The molecule has 2 nitrogen and oxygen atoms in total. The monoisotopic (exact) mass is 249 g/mol. The topological polar surface area (TPSA) is 20.3 Å². The average molecular weight is 249 g/mol. The maximum Gasteiger partial charge on any atom is 0.137 e. The van der Waals surface area contributed by atoms with E-state index in [4.69, 9.17) is 0 Å². The summed E-state index contributed by atoms with van der Waals surface area (Å²) in [7, 11) is 0. The third kappa shape index (κ3) is 2.96. The minimum Gasteiger partial charge on any atom is -0.302 e. The van der Waals surface area contributed by atoms with Crippen LogP contribution in [0.5, 0.6) is 0 Å². The number of hydrogen-bond acceptors (Lipinski definition) is 2. The number of Topliss-reactive ketones (excluding diaryl/α,β-unsaturated/α-hetero) is 1. The van der Waals surface area contributed by atoms with E-state index in [2.05, 4.69) is 4.90 Å². The molecule has 3 rings (SSSR count). The summed E-state index contributed by atoms with van der Waals surface area (Å²) in [6, 6.07) is 0. The molecule has 1 aliphatic heterocycles. The van der Waals surface area contributed by atoms with Gasteiger partial charge in [0.25, 0.3) is 0 Å². The highest BCUT2D eigenvalue weighted by Gasteiger charge is 2.32. The van der Waals surface area contributed by atoms with Crippen LogP contribution in [0.25, 0.3) is 0 Å². The SMILES string of the molecule is O=C1CCCCCC1CN1CC2CCCC(C2)C1. The summed E-state index contributed by atoms with van der Waals surface area (Å²) in [6.07, 6.45) is 11.5. The predicted molar refractivity (Wildman–Crippen MR) is 73.5 cm³/mol. The first-order valence-corrected chi connectivity index (χ1v) is 8.06. The van der Waals surface area contributed by atoms with Gasteiger partial charge in [0, 0.05) is 32.0 Å². The maximum atomic E-state index is 12.1. The van der Waals surface area contributed by atoms with Crippen molar-refractivity contribution in [3.05, 3.63) is 0 Å². The molecule has 102 valence electrons. The first kappa shape index (κ1) is 12.7. The van der Waals surface area contributed by atoms with Gasteiger partial charge in [-0.05, 0) is 43.9 Å². The molecular weight excluding hydrogens is 222 g/mol. The Labute approximate surface area is 111 Å². The Morgan fingerprint density at radius 3 is 2.50 bits per heavy atom. The lowest BCUT2D eigenvalue weighted by Crippen LogP contribution is -2.45. The first-order valence-electron chi connectivity index (χ1n) is 8.06. The van der Waals surface area contributed by atoms with E-state index in [1.807, 2.05) is 0 Å². The van der Waals surface area contributed by atoms with Crippen molar-refractivity contribution in [1.82, 2.24) is 4.90 Å². The molecule has 0 aromatic carbocycles. The summed E-state index contributed by atoms with van der Waals surface area (Å²) >= 11 is 0. The van der Waals surface area contributed by atoms with Crippen molar-refractivity contribution in [2.24, 2.45) is 17.8 Å². The van der Waals surface area contributed by atoms with Crippen LogP contribution >= 0.6 is 0 Å². The van der Waals surface area contributed by atoms with Crippen LogP contribution in [-0.2, 0) is 4.79 Å². The van der Waals surface area contributed by atoms with Gasteiger partial charge in [-0.1, -0.05) is 19.3 Å². The molecule has 2 saturated carbocycles. The van der Waals surface area contributed by atoms with Crippen molar-refractivity contribution in [3.63, 3.8) is 0 Å². The number of fused-ring (bicyclic) bond motifs is 2. The number of carbonyl (C=O) groups is 1. The van der Waals surface area contributed by atoms with Gasteiger partial charge in [-0.25, -0.2) is 0 Å². The van der Waals surface area contributed by atoms with E-state index in [1.54, 1.807) is 0 Å². The van der Waals surface area contributed by atoms with E-state index in [0.717, 1.165) is 37.6 Å². The molecule has 3 aliphatic rings. The lowest BCUT2D eigenvalue weighted by Gasteiger charge is -2.42. The molecule has 1 heterocycles. The van der Waals surface area contributed by atoms with Crippen LogP contribution in [0.1, 0.15) is 57.8 Å². The predicted octanol–water partition coefficient (Wildman–Crippen LogP) is 3.26. The molecule has 0 spiro atoms. The molecule has 3 atom stereocenters. The summed E-state index contributed by atoms with van der Waals surface area (Å²) < 4.78 is 0. The lowest BCUT2D eigenvalue weighted by molar-refractivity contribution is -0.123. The van der Waals surface area contributed by atoms with Gasteiger partial charge >= 0.3 is 0 Å². The highest BCUT2D eigenvalue weighted by atomic mass is 16.1. The normalized spacial score (nSPS) is 38.4. The quantitative estimate of drug-likeness (QED) is 0.700. The van der Waals surface area contributed by atoms with Crippen molar-refractivity contribution in [2.45, 2.75) is 57.8 Å². The Balaban J connectivity index is 1.56. The van der Waals surface area contributed by atoms with Gasteiger partial charge in [0.1, 0.15) is 5.78 Å². The maximum absolute atomic E-state index is 12.1. The second kappa shape index (κ2) is 5.73. The van der Waals surface area contributed by atoms with Gasteiger partial charge in [-0.3, -0.25) is 4.79 Å². The third-order valence-electron chi connectivity index (χ3n) is 5.33. The zero-order chi connectivity index (χ0) is 12.4. The number of rotatable bonds is 2. The van der Waals surface area contributed by atoms with Crippen LogP contribution in [-0.4, -0.2) is 30.3 Å². The molecule has 18 heavy (non-hydrogen) atoms. The van der Waals surface area contributed by atoms with Crippen LogP contribution in [0, 0.1) is 17.8 Å². The Morgan fingerprint density at radius 2 is 1.72 bits per heavy atom. The lowest BCUT2D eigenvalue weighted by atomic mass is 9.77. The molecule has 0 aromatic heterocycles. The Morgan fingerprint density at radius 1 is 0.944 bits per heavy atom. The zero-order valence-corrected chi connectivity index (χ0v) is 11.6. The molecule has 2 heteroatoms. The second-order valence-electron chi connectivity index (χ2n) is 6.88. The van der Waals surface area contributed by atoms with Crippen LogP contribution in [0.3, 0.4) is 0 Å². The largest absolute Gasteiger partial charge is 0.302 e. The van der Waals surface area contributed by atoms with Gasteiger partial charge in [0.05, 0.1) is 0 Å². The number of piperidine rings is 1. The van der Waals surface area contributed by atoms with Crippen LogP contribution in [0.15, 0.2) is 0 Å². The second-order valence-corrected chi connectivity index (χ2v) is 6.88. The molecule has 3 fully saturated rings. The van der Waals surface area contributed by atoms with Crippen molar-refractivity contribution in [3.8, 4) is 0 Å². The van der Waals surface area contributed by atoms with E-state index in [0.29, 0.717) is 11.7 Å². The standard InChI is InChI=1S/C16H27NO/c18-16-8-3-1-2-7-15(16)12-17-10-13-5-4-6-14(9-13)11-17/h13-15H,1-12H2. The van der Waals surface area contributed by atoms with E-state index in [1.165, 1.54) is 51.6 Å². The van der Waals surface area contributed by atoms with Gasteiger partial charge in [-0.15, -0.1) is 0 Å². The average Bonchev–Trinajstić information content (AvgIpc) is 2.55. The fourth-order valence-electron chi connectivity index (χ4n) is 4.42. The molecule has 0 N–H and O–H groups in total. The summed E-state index contributed by atoms with van der Waals surface area (Å²) in [5.41, 5.74) is 0. The summed E-state index contributed by atoms with van der Waals surface area (Å²) in [6.45, 7) is 3.63. The van der Waals surface area contributed by atoms with E-state index in [9.17, 15) is 4.79 Å². The van der Waals surface area contributed by atoms with Gasteiger partial charge < -0.3 is 4.90 Å². The number of likely N-dealkylation sites (tertiary alicyclic amines) is 1. The highest BCUT2D eigenvalue weighted by Crippen LogP contribution is 2.35. The van der Waals surface area contributed by atoms with Gasteiger partial charge in [-0.2, -0.15) is 0 Å². The minimum atomic E-state index is 0.367. The number of carbonyl (C=O) groups excluding carboxylic acids is 1. The summed E-state index contributed by atoms with van der Waals surface area (Å²) in [4.78, 5) is 14.7. The Bertz CT molecular complexity index is 289. The molecule has 3 unspecified atom stereocenters. The van der Waals surface area contributed by atoms with Crippen molar-refractivity contribution < 1.29 is 4.79 Å². The van der Waals surface area contributed by atoms with Crippen molar-refractivity contribution in [2.75, 3.05) is 19.6 Å². The van der Waals surface area contributed by atoms with Crippen LogP contribution < -0.4 is 0 Å². The molecule has 0 radical (unpaired) electrons. The number of ketones is 1. The summed E-state index contributed by atoms with van der Waals surface area (Å²) in [5.74, 6) is 2.81. The Hall–Kier alpha value is -0.370. The van der Waals surface area contributed by atoms with Gasteiger partial charge in [0.2, 0.25) is 0 Å². The molecule has 2 aliphatic carbocycles. The zero-order valence-electron chi connectivity index (χ0n) is 11.6. The number of nitrogens with zero attached hydrogens (tertiary/aromatic N) is 1. The van der Waals surface area contributed by atoms with Crippen molar-refractivity contribution in [1.29, 1.82) is 0 Å². The fourth-order valence-corrected chi connectivity index (χ4v) is 4.42. The smallest absolute Gasteiger partial charge is 0.137 e. The van der Waals surface area contributed by atoms with Gasteiger partial charge in [0.15, 0.2) is 0 Å². The minimum absolute atomic E-state index is 0.367. The fraction of sp³-hybridized carbons (Fsp3) is 0.938. The van der Waals surface area contributed by atoms with Crippen LogP contribution in [0.2, 0.25) is 0 Å². The van der Waals surface area contributed by atoms with E-state index < -0.39 is 0 Å². The molecular formula is C16H27NO. The first-order chi connectivity index (χ1) is 8.81. The molecule has 0 aromatic rings. The molecule has 1 saturated heterocycles. The van der Waals surface area contributed by atoms with E-state index >= 15 is 0 Å². The highest BCUT2D eigenvalue weighted by molar-refractivity contribution is 5.81. The molecule has 2 bridgehead atoms. The summed E-state index contributed by atoms with van der Waals surface area (Å²) in [5, 5.41) is 0. The van der Waals surface area contributed by atoms with Crippen LogP contribution in [0.4, 0.5) is 0 Å². The van der Waals surface area contributed by atoms with Crippen molar-refractivity contribution >= 4 is 5.78 Å². The third-order valence-corrected chi connectivity index (χ3v) is 5.33.